The molecule has 0 aliphatic rings. The van der Waals surface area contributed by atoms with Crippen LogP contribution in [0.5, 0.6) is 0 Å². The Morgan fingerprint density at radius 2 is 2.00 bits per heavy atom. The second-order valence-corrected chi connectivity index (χ2v) is 7.83. The second kappa shape index (κ2) is 11.6. The Kier molecular flexibility index (Phi) is 11.2. The number of hydrogen-bond donors (Lipinski definition) is 2. The maximum atomic E-state index is 13.5. The highest BCUT2D eigenvalue weighted by molar-refractivity contribution is 14.0. The van der Waals surface area contributed by atoms with Gasteiger partial charge in [-0.05, 0) is 38.3 Å². The first-order chi connectivity index (χ1) is 10.8. The summed E-state index contributed by atoms with van der Waals surface area (Å²) in [6, 6.07) is 6.64. The Labute approximate surface area is 161 Å². The van der Waals surface area contributed by atoms with E-state index in [0.29, 0.717) is 37.5 Å². The summed E-state index contributed by atoms with van der Waals surface area (Å²) in [7, 11) is -2.97. The molecule has 0 aliphatic carbocycles. The van der Waals surface area contributed by atoms with Gasteiger partial charge >= 0.3 is 0 Å². The molecule has 2 N–H and O–H groups in total. The summed E-state index contributed by atoms with van der Waals surface area (Å²) in [4.78, 5) is 4.41. The first-order valence-electron chi connectivity index (χ1n) is 7.77. The third-order valence-corrected chi connectivity index (χ3v) is 4.24. The lowest BCUT2D eigenvalue weighted by Gasteiger charge is -2.17. The van der Waals surface area contributed by atoms with Gasteiger partial charge in [0.15, 0.2) is 5.96 Å². The van der Waals surface area contributed by atoms with E-state index in [1.54, 1.807) is 18.2 Å². The van der Waals surface area contributed by atoms with Gasteiger partial charge in [-0.15, -0.1) is 24.0 Å². The summed E-state index contributed by atoms with van der Waals surface area (Å²) in [6.07, 6.45) is 2.25. The predicted octanol–water partition coefficient (Wildman–Crippen LogP) is 2.36. The first-order valence-corrected chi connectivity index (χ1v) is 9.84. The van der Waals surface area contributed by atoms with Crippen LogP contribution >= 0.6 is 24.0 Å². The SMILES string of the molecule is CCNC(=NCCc1ccccc1F)NC(C)CCS(C)(=O)=O.I. The van der Waals surface area contributed by atoms with Crippen LogP contribution in [0.3, 0.4) is 0 Å². The second-order valence-electron chi connectivity index (χ2n) is 5.57. The molecule has 24 heavy (non-hydrogen) atoms. The molecule has 0 amide bonds. The number of hydrogen-bond acceptors (Lipinski definition) is 3. The van der Waals surface area contributed by atoms with Gasteiger partial charge in [0, 0.05) is 25.4 Å². The minimum Gasteiger partial charge on any atom is -0.357 e. The van der Waals surface area contributed by atoms with Crippen molar-refractivity contribution in [2.75, 3.05) is 25.1 Å². The number of nitrogens with one attached hydrogen (secondary N) is 2. The molecule has 1 aromatic rings. The predicted molar refractivity (Wildman–Crippen MR) is 108 cm³/mol. The number of halogens is 2. The quantitative estimate of drug-likeness (QED) is 0.347. The maximum Gasteiger partial charge on any atom is 0.191 e. The number of benzene rings is 1. The molecule has 0 fully saturated rings. The minimum atomic E-state index is -2.97. The highest BCUT2D eigenvalue weighted by Crippen LogP contribution is 2.06. The largest absolute Gasteiger partial charge is 0.357 e. The fraction of sp³-hybridized carbons (Fsp3) is 0.562. The topological polar surface area (TPSA) is 70.6 Å². The lowest BCUT2D eigenvalue weighted by Crippen LogP contribution is -2.43. The van der Waals surface area contributed by atoms with Crippen LogP contribution in [0.4, 0.5) is 4.39 Å². The van der Waals surface area contributed by atoms with Gasteiger partial charge in [-0.1, -0.05) is 18.2 Å². The van der Waals surface area contributed by atoms with Crippen LogP contribution in [-0.2, 0) is 16.3 Å². The van der Waals surface area contributed by atoms with E-state index in [-0.39, 0.29) is 41.6 Å². The average molecular weight is 471 g/mol. The van der Waals surface area contributed by atoms with Crippen molar-refractivity contribution in [2.45, 2.75) is 32.7 Å². The summed E-state index contributed by atoms with van der Waals surface area (Å²) < 4.78 is 35.9. The van der Waals surface area contributed by atoms with E-state index in [2.05, 4.69) is 15.6 Å². The Hall–Kier alpha value is -0.900. The molecule has 0 aromatic heterocycles. The normalized spacial score (nSPS) is 13.1. The molecule has 0 bridgehead atoms. The standard InChI is InChI=1S/C16H26FN3O2S.HI/c1-4-18-16(20-13(2)10-12-23(3,21)22)19-11-9-14-7-5-6-8-15(14)17;/h5-8,13H,4,9-12H2,1-3H3,(H2,18,19,20);1H. The van der Waals surface area contributed by atoms with Crippen molar-refractivity contribution < 1.29 is 12.8 Å². The van der Waals surface area contributed by atoms with Crippen molar-refractivity contribution in [1.29, 1.82) is 0 Å². The lowest BCUT2D eigenvalue weighted by atomic mass is 10.1. The van der Waals surface area contributed by atoms with Gasteiger partial charge in [0.05, 0.1) is 5.75 Å². The summed E-state index contributed by atoms with van der Waals surface area (Å²) >= 11 is 0. The highest BCUT2D eigenvalue weighted by atomic mass is 127. The lowest BCUT2D eigenvalue weighted by molar-refractivity contribution is 0.581. The molecule has 0 saturated carbocycles. The maximum absolute atomic E-state index is 13.5. The first kappa shape index (κ1) is 23.1. The molecule has 0 heterocycles. The fourth-order valence-corrected chi connectivity index (χ4v) is 2.79. The molecule has 8 heteroatoms. The third-order valence-electron chi connectivity index (χ3n) is 3.26. The van der Waals surface area contributed by atoms with Crippen LogP contribution in [0.1, 0.15) is 25.8 Å². The van der Waals surface area contributed by atoms with Crippen molar-refractivity contribution in [3.05, 3.63) is 35.6 Å². The van der Waals surface area contributed by atoms with E-state index in [1.165, 1.54) is 12.3 Å². The van der Waals surface area contributed by atoms with E-state index in [0.717, 1.165) is 0 Å². The van der Waals surface area contributed by atoms with Crippen LogP contribution in [-0.4, -0.2) is 45.5 Å². The molecule has 0 spiro atoms. The van der Waals surface area contributed by atoms with Crippen molar-refractivity contribution in [1.82, 2.24) is 10.6 Å². The summed E-state index contributed by atoms with van der Waals surface area (Å²) in [6.45, 7) is 5.02. The van der Waals surface area contributed by atoms with Crippen molar-refractivity contribution >= 4 is 39.8 Å². The van der Waals surface area contributed by atoms with E-state index < -0.39 is 9.84 Å². The zero-order valence-corrected chi connectivity index (χ0v) is 17.5. The van der Waals surface area contributed by atoms with Crippen molar-refractivity contribution in [3.8, 4) is 0 Å². The molecule has 1 atom stereocenters. The molecule has 0 aliphatic heterocycles. The fourth-order valence-electron chi connectivity index (χ4n) is 2.01. The molecule has 1 aromatic carbocycles. The van der Waals surface area contributed by atoms with Gasteiger partial charge in [-0.3, -0.25) is 4.99 Å². The minimum absolute atomic E-state index is 0. The van der Waals surface area contributed by atoms with E-state index in [9.17, 15) is 12.8 Å². The third kappa shape index (κ3) is 10.1. The van der Waals surface area contributed by atoms with Gasteiger partial charge in [-0.2, -0.15) is 0 Å². The summed E-state index contributed by atoms with van der Waals surface area (Å²) in [5.74, 6) is 0.530. The van der Waals surface area contributed by atoms with Gasteiger partial charge in [-0.25, -0.2) is 12.8 Å². The van der Waals surface area contributed by atoms with E-state index in [1.807, 2.05) is 13.8 Å². The number of nitrogens with zero attached hydrogens (tertiary/aromatic N) is 1. The summed E-state index contributed by atoms with van der Waals surface area (Å²) in [5, 5.41) is 6.28. The monoisotopic (exact) mass is 471 g/mol. The van der Waals surface area contributed by atoms with Gasteiger partial charge < -0.3 is 10.6 Å². The number of aliphatic imine (C=N–C) groups is 1. The zero-order chi connectivity index (χ0) is 17.3. The summed E-state index contributed by atoms with van der Waals surface area (Å²) in [5.41, 5.74) is 0.636. The Bertz CT molecular complexity index is 624. The highest BCUT2D eigenvalue weighted by Gasteiger charge is 2.09. The zero-order valence-electron chi connectivity index (χ0n) is 14.4. The molecule has 0 saturated heterocycles. The molecular weight excluding hydrogens is 444 g/mol. The van der Waals surface area contributed by atoms with Crippen molar-refractivity contribution in [2.24, 2.45) is 4.99 Å². The van der Waals surface area contributed by atoms with Gasteiger partial charge in [0.25, 0.3) is 0 Å². The molecule has 1 rings (SSSR count). The molecule has 138 valence electrons. The molecule has 5 nitrogen and oxygen atoms in total. The van der Waals surface area contributed by atoms with Crippen molar-refractivity contribution in [3.63, 3.8) is 0 Å². The van der Waals surface area contributed by atoms with Crippen LogP contribution in [0, 0.1) is 5.82 Å². The smallest absolute Gasteiger partial charge is 0.191 e. The Morgan fingerprint density at radius 3 is 2.58 bits per heavy atom. The molecule has 0 radical (unpaired) electrons. The Balaban J connectivity index is 0.00000529. The van der Waals surface area contributed by atoms with Gasteiger partial charge in [0.2, 0.25) is 0 Å². The van der Waals surface area contributed by atoms with Crippen LogP contribution in [0.25, 0.3) is 0 Å². The van der Waals surface area contributed by atoms with E-state index in [4.69, 9.17) is 0 Å². The van der Waals surface area contributed by atoms with Crippen LogP contribution in [0.2, 0.25) is 0 Å². The van der Waals surface area contributed by atoms with Crippen LogP contribution < -0.4 is 10.6 Å². The number of guanidine groups is 1. The van der Waals surface area contributed by atoms with Crippen LogP contribution in [0.15, 0.2) is 29.3 Å². The number of rotatable bonds is 8. The average Bonchev–Trinajstić information content (AvgIpc) is 2.46. The van der Waals surface area contributed by atoms with Gasteiger partial charge in [0.1, 0.15) is 15.7 Å². The Morgan fingerprint density at radius 1 is 1.33 bits per heavy atom. The molecular formula is C16H27FIN3O2S. The van der Waals surface area contributed by atoms with E-state index >= 15 is 0 Å². The molecule has 1 unspecified atom stereocenters. The number of sulfone groups is 1.